The second-order valence-corrected chi connectivity index (χ2v) is 4.44. The van der Waals surface area contributed by atoms with Gasteiger partial charge in [0.15, 0.2) is 0 Å². The van der Waals surface area contributed by atoms with Crippen molar-refractivity contribution in [3.63, 3.8) is 0 Å². The minimum atomic E-state index is 0.696. The maximum Gasteiger partial charge on any atom is 0.0487 e. The number of hydrogen-bond acceptors (Lipinski definition) is 1. The predicted molar refractivity (Wildman–Crippen MR) is 53.3 cm³/mol. The van der Waals surface area contributed by atoms with E-state index in [-0.39, 0.29) is 0 Å². The van der Waals surface area contributed by atoms with Crippen molar-refractivity contribution in [2.45, 2.75) is 37.9 Å². The number of rotatable bonds is 6. The van der Waals surface area contributed by atoms with E-state index in [0.29, 0.717) is 10.7 Å². The first-order valence-electron chi connectivity index (χ1n) is 4.33. The first-order valence-corrected chi connectivity index (χ1v) is 5.25. The lowest BCUT2D eigenvalue weighted by atomic mass is 10.0. The summed E-state index contributed by atoms with van der Waals surface area (Å²) in [6, 6.07) is 0. The molecule has 2 unspecified atom stereocenters. The first kappa shape index (κ1) is 11.4. The molecule has 0 amide bonds. The maximum atomic E-state index is 5.05. The summed E-state index contributed by atoms with van der Waals surface area (Å²) in [6.07, 6.45) is 3.75. The predicted octanol–water partition coefficient (Wildman–Crippen LogP) is 3.22. The Hall–Kier alpha value is 0.440. The van der Waals surface area contributed by atoms with Crippen LogP contribution in [0.1, 0.15) is 33.1 Å². The van der Waals surface area contributed by atoms with Crippen molar-refractivity contribution in [2.75, 3.05) is 13.7 Å². The molecule has 11 heavy (non-hydrogen) atoms. The van der Waals surface area contributed by atoms with Gasteiger partial charge in [-0.3, -0.25) is 0 Å². The molecule has 0 aliphatic carbocycles. The van der Waals surface area contributed by atoms with Crippen LogP contribution < -0.4 is 0 Å². The third kappa shape index (κ3) is 6.82. The van der Waals surface area contributed by atoms with Gasteiger partial charge in [-0.15, -0.1) is 0 Å². The zero-order valence-electron chi connectivity index (χ0n) is 7.77. The van der Waals surface area contributed by atoms with Crippen LogP contribution in [0.2, 0.25) is 0 Å². The topological polar surface area (TPSA) is 9.23 Å². The van der Waals surface area contributed by atoms with E-state index in [2.05, 4.69) is 29.8 Å². The molecule has 2 heteroatoms. The third-order valence-electron chi connectivity index (χ3n) is 1.87. The number of halogens is 1. The van der Waals surface area contributed by atoms with Crippen molar-refractivity contribution < 1.29 is 4.74 Å². The molecule has 0 saturated carbocycles. The molecule has 0 saturated heterocycles. The van der Waals surface area contributed by atoms with Crippen molar-refractivity contribution in [3.05, 3.63) is 0 Å². The van der Waals surface area contributed by atoms with Crippen LogP contribution in [-0.2, 0) is 4.74 Å². The molecule has 0 heterocycles. The molecule has 2 atom stereocenters. The molecule has 0 aromatic rings. The average Bonchev–Trinajstić information content (AvgIpc) is 2.01. The van der Waals surface area contributed by atoms with Gasteiger partial charge < -0.3 is 4.74 Å². The summed E-state index contributed by atoms with van der Waals surface area (Å²) < 4.78 is 5.05. The Kier molecular flexibility index (Phi) is 7.39. The van der Waals surface area contributed by atoms with Crippen LogP contribution in [-0.4, -0.2) is 18.5 Å². The van der Waals surface area contributed by atoms with Gasteiger partial charge in [-0.1, -0.05) is 29.8 Å². The zero-order chi connectivity index (χ0) is 8.69. The lowest BCUT2D eigenvalue weighted by Crippen LogP contribution is -2.06. The van der Waals surface area contributed by atoms with Crippen LogP contribution in [0, 0.1) is 5.92 Å². The monoisotopic (exact) mass is 222 g/mol. The summed E-state index contributed by atoms with van der Waals surface area (Å²) in [5.74, 6) is 0.701. The van der Waals surface area contributed by atoms with Gasteiger partial charge in [-0.05, 0) is 25.2 Å². The van der Waals surface area contributed by atoms with Crippen LogP contribution in [0.5, 0.6) is 0 Å². The summed E-state index contributed by atoms with van der Waals surface area (Å²) in [5.41, 5.74) is 0. The van der Waals surface area contributed by atoms with E-state index < -0.39 is 0 Å². The molecule has 0 fully saturated rings. The fraction of sp³-hybridized carbons (Fsp3) is 1.00. The van der Waals surface area contributed by atoms with Crippen molar-refractivity contribution >= 4 is 15.9 Å². The Morgan fingerprint density at radius 3 is 2.45 bits per heavy atom. The summed E-state index contributed by atoms with van der Waals surface area (Å²) in [4.78, 5) is 0.696. The largest absolute Gasteiger partial charge is 0.384 e. The molecule has 0 spiro atoms. The molecule has 1 nitrogen and oxygen atoms in total. The Labute approximate surface area is 78.6 Å². The van der Waals surface area contributed by atoms with Crippen molar-refractivity contribution in [1.82, 2.24) is 0 Å². The van der Waals surface area contributed by atoms with Gasteiger partial charge in [0.25, 0.3) is 0 Å². The number of ether oxygens (including phenoxy) is 1. The normalized spacial score (nSPS) is 16.4. The van der Waals surface area contributed by atoms with E-state index in [1.54, 1.807) is 7.11 Å². The molecule has 0 N–H and O–H groups in total. The fourth-order valence-electron chi connectivity index (χ4n) is 1.04. The zero-order valence-corrected chi connectivity index (χ0v) is 9.36. The van der Waals surface area contributed by atoms with E-state index in [1.165, 1.54) is 19.3 Å². The average molecular weight is 223 g/mol. The molecular formula is C9H19BrO. The molecular weight excluding hydrogens is 204 g/mol. The van der Waals surface area contributed by atoms with Crippen LogP contribution in [0.25, 0.3) is 0 Å². The lowest BCUT2D eigenvalue weighted by Gasteiger charge is -2.11. The highest BCUT2D eigenvalue weighted by Crippen LogP contribution is 2.15. The van der Waals surface area contributed by atoms with Crippen LogP contribution >= 0.6 is 15.9 Å². The minimum Gasteiger partial charge on any atom is -0.384 e. The van der Waals surface area contributed by atoms with Crippen LogP contribution in [0.3, 0.4) is 0 Å². The van der Waals surface area contributed by atoms with E-state index >= 15 is 0 Å². The van der Waals surface area contributed by atoms with Crippen molar-refractivity contribution in [3.8, 4) is 0 Å². The van der Waals surface area contributed by atoms with Crippen LogP contribution in [0.4, 0.5) is 0 Å². The standard InChI is InChI=1S/C9H19BrO/c1-4-9(10)6-5-8(2)7-11-3/h8-9H,4-7H2,1-3H3. The lowest BCUT2D eigenvalue weighted by molar-refractivity contribution is 0.154. The molecule has 0 aromatic heterocycles. The number of alkyl halides is 1. The molecule has 0 radical (unpaired) electrons. The smallest absolute Gasteiger partial charge is 0.0487 e. The fourth-order valence-corrected chi connectivity index (χ4v) is 1.30. The minimum absolute atomic E-state index is 0.696. The molecule has 0 aliphatic rings. The van der Waals surface area contributed by atoms with E-state index in [1.807, 2.05) is 0 Å². The van der Waals surface area contributed by atoms with Gasteiger partial charge in [0.1, 0.15) is 0 Å². The second-order valence-electron chi connectivity index (χ2n) is 3.14. The van der Waals surface area contributed by atoms with Gasteiger partial charge >= 0.3 is 0 Å². The first-order chi connectivity index (χ1) is 5.20. The van der Waals surface area contributed by atoms with E-state index in [9.17, 15) is 0 Å². The highest BCUT2D eigenvalue weighted by molar-refractivity contribution is 9.09. The number of hydrogen-bond donors (Lipinski definition) is 0. The Balaban J connectivity index is 3.22. The van der Waals surface area contributed by atoms with Gasteiger partial charge in [0.2, 0.25) is 0 Å². The van der Waals surface area contributed by atoms with Gasteiger partial charge in [0.05, 0.1) is 0 Å². The Bertz CT molecular complexity index is 85.6. The molecule has 0 aromatic carbocycles. The number of methoxy groups -OCH3 is 1. The van der Waals surface area contributed by atoms with Crippen molar-refractivity contribution in [1.29, 1.82) is 0 Å². The summed E-state index contributed by atoms with van der Waals surface area (Å²) in [6.45, 7) is 5.34. The van der Waals surface area contributed by atoms with Crippen molar-refractivity contribution in [2.24, 2.45) is 5.92 Å². The highest BCUT2D eigenvalue weighted by atomic mass is 79.9. The maximum absolute atomic E-state index is 5.05. The molecule has 0 rings (SSSR count). The quantitative estimate of drug-likeness (QED) is 0.628. The summed E-state index contributed by atoms with van der Waals surface area (Å²) in [5, 5.41) is 0. The SMILES string of the molecule is CCC(Br)CCC(C)COC. The third-order valence-corrected chi connectivity index (χ3v) is 2.97. The summed E-state index contributed by atoms with van der Waals surface area (Å²) in [7, 11) is 1.77. The Morgan fingerprint density at radius 2 is 2.00 bits per heavy atom. The highest BCUT2D eigenvalue weighted by Gasteiger charge is 2.05. The molecule has 68 valence electrons. The van der Waals surface area contributed by atoms with E-state index in [0.717, 1.165) is 6.61 Å². The second kappa shape index (κ2) is 7.11. The Morgan fingerprint density at radius 1 is 1.36 bits per heavy atom. The molecule has 0 bridgehead atoms. The van der Waals surface area contributed by atoms with Gasteiger partial charge in [-0.25, -0.2) is 0 Å². The molecule has 0 aliphatic heterocycles. The summed E-state index contributed by atoms with van der Waals surface area (Å²) >= 11 is 3.62. The van der Waals surface area contributed by atoms with Gasteiger partial charge in [0, 0.05) is 18.5 Å². The van der Waals surface area contributed by atoms with E-state index in [4.69, 9.17) is 4.74 Å². The van der Waals surface area contributed by atoms with Gasteiger partial charge in [-0.2, -0.15) is 0 Å². The van der Waals surface area contributed by atoms with Crippen LogP contribution in [0.15, 0.2) is 0 Å².